The Morgan fingerprint density at radius 2 is 1.71 bits per heavy atom. The van der Waals surface area contributed by atoms with Gasteiger partial charge < -0.3 is 0 Å². The number of hydrogen-bond acceptors (Lipinski definition) is 5. The predicted molar refractivity (Wildman–Crippen MR) is 91.4 cm³/mol. The molecule has 0 bridgehead atoms. The summed E-state index contributed by atoms with van der Waals surface area (Å²) < 4.78 is 24.5. The van der Waals surface area contributed by atoms with Gasteiger partial charge >= 0.3 is 0 Å². The minimum Gasteiger partial charge on any atom is -0.258 e. The van der Waals surface area contributed by atoms with Crippen LogP contribution in [0.3, 0.4) is 0 Å². The van der Waals surface area contributed by atoms with Crippen LogP contribution >= 0.6 is 0 Å². The van der Waals surface area contributed by atoms with E-state index in [1.54, 1.807) is 24.3 Å². The molecule has 0 fully saturated rings. The summed E-state index contributed by atoms with van der Waals surface area (Å²) in [5.41, 5.74) is 2.03. The van der Waals surface area contributed by atoms with Gasteiger partial charge in [-0.15, -0.1) is 0 Å². The molecule has 2 aromatic rings. The van der Waals surface area contributed by atoms with Gasteiger partial charge in [0.05, 0.1) is 15.5 Å². The van der Waals surface area contributed by atoms with E-state index >= 15 is 0 Å². The summed E-state index contributed by atoms with van der Waals surface area (Å²) in [7, 11) is -3.76. The first-order valence-electron chi connectivity index (χ1n) is 7.23. The van der Waals surface area contributed by atoms with Gasteiger partial charge in [0.1, 0.15) is 0 Å². The molecule has 8 heteroatoms. The second-order valence-electron chi connectivity index (χ2n) is 5.12. The minimum absolute atomic E-state index is 0.0329. The molecular weight excluding hydrogens is 330 g/mol. The first kappa shape index (κ1) is 17.6. The molecule has 0 aromatic heterocycles. The summed E-state index contributed by atoms with van der Waals surface area (Å²) in [5, 5.41) is 14.6. The minimum atomic E-state index is -3.76. The highest BCUT2D eigenvalue weighted by atomic mass is 32.2. The summed E-state index contributed by atoms with van der Waals surface area (Å²) in [6.07, 6.45) is 0.466. The molecule has 0 radical (unpaired) electrons. The van der Waals surface area contributed by atoms with Gasteiger partial charge in [-0.3, -0.25) is 10.1 Å². The lowest BCUT2D eigenvalue weighted by molar-refractivity contribution is -0.384. The monoisotopic (exact) mass is 347 g/mol. The summed E-state index contributed by atoms with van der Waals surface area (Å²) >= 11 is 0. The van der Waals surface area contributed by atoms with Crippen molar-refractivity contribution in [3.63, 3.8) is 0 Å². The zero-order chi connectivity index (χ0) is 17.7. The molecule has 0 heterocycles. The average molecular weight is 347 g/mol. The molecule has 0 saturated carbocycles. The van der Waals surface area contributed by atoms with E-state index in [1.165, 1.54) is 24.3 Å². The van der Waals surface area contributed by atoms with Crippen LogP contribution in [0.4, 0.5) is 5.69 Å². The Bertz CT molecular complexity index is 857. The lowest BCUT2D eigenvalue weighted by Crippen LogP contribution is -2.20. The van der Waals surface area contributed by atoms with E-state index in [9.17, 15) is 18.5 Å². The molecule has 24 heavy (non-hydrogen) atoms. The molecule has 2 rings (SSSR count). The lowest BCUT2D eigenvalue weighted by atomic mass is 10.1. The summed E-state index contributed by atoms with van der Waals surface area (Å²) in [6.45, 7) is 3.69. The van der Waals surface area contributed by atoms with Crippen molar-refractivity contribution in [1.29, 1.82) is 0 Å². The maximum absolute atomic E-state index is 12.2. The van der Waals surface area contributed by atoms with E-state index in [4.69, 9.17) is 0 Å². The van der Waals surface area contributed by atoms with Crippen molar-refractivity contribution in [1.82, 2.24) is 4.83 Å². The van der Waals surface area contributed by atoms with Crippen LogP contribution in [0.1, 0.15) is 24.5 Å². The highest BCUT2D eigenvalue weighted by molar-refractivity contribution is 7.89. The van der Waals surface area contributed by atoms with E-state index in [2.05, 4.69) is 9.93 Å². The Morgan fingerprint density at radius 3 is 2.21 bits per heavy atom. The number of nitro groups is 1. The molecule has 0 spiro atoms. The first-order chi connectivity index (χ1) is 11.3. The zero-order valence-electron chi connectivity index (χ0n) is 13.3. The molecule has 0 atom stereocenters. The van der Waals surface area contributed by atoms with Gasteiger partial charge in [0.15, 0.2) is 0 Å². The van der Waals surface area contributed by atoms with Gasteiger partial charge in [0.25, 0.3) is 15.7 Å². The molecule has 0 amide bonds. The van der Waals surface area contributed by atoms with Crippen LogP contribution in [0.15, 0.2) is 58.5 Å². The first-order valence-corrected chi connectivity index (χ1v) is 8.71. The zero-order valence-corrected chi connectivity index (χ0v) is 14.1. The highest BCUT2D eigenvalue weighted by Gasteiger charge is 2.13. The van der Waals surface area contributed by atoms with Gasteiger partial charge in [-0.2, -0.15) is 18.4 Å². The standard InChI is InChI=1S/C16H17N3O4S/c1-3-16(13-6-8-14(9-7-13)19(20)21)17-18-24(22,23)15-10-4-12(2)5-11-15/h4-11,18H,3H2,1-2H3/b17-16-. The second kappa shape index (κ2) is 7.22. The number of nitro benzene ring substituents is 1. The highest BCUT2D eigenvalue weighted by Crippen LogP contribution is 2.14. The number of rotatable bonds is 6. The third-order valence-corrected chi connectivity index (χ3v) is 4.60. The molecule has 1 N–H and O–H groups in total. The van der Waals surface area contributed by atoms with Gasteiger partial charge in [-0.05, 0) is 43.2 Å². The molecule has 0 aliphatic carbocycles. The van der Waals surface area contributed by atoms with Crippen LogP contribution in [0.5, 0.6) is 0 Å². The summed E-state index contributed by atoms with van der Waals surface area (Å²) in [4.78, 5) is 12.5. The fraction of sp³-hybridized carbons (Fsp3) is 0.188. The third-order valence-electron chi connectivity index (χ3n) is 3.38. The molecule has 7 nitrogen and oxygen atoms in total. The van der Waals surface area contributed by atoms with Gasteiger partial charge in [0.2, 0.25) is 0 Å². The predicted octanol–water partition coefficient (Wildman–Crippen LogP) is 3.00. The van der Waals surface area contributed by atoms with E-state index in [1.807, 2.05) is 13.8 Å². The van der Waals surface area contributed by atoms with Gasteiger partial charge in [0, 0.05) is 12.1 Å². The van der Waals surface area contributed by atoms with Crippen LogP contribution in [0.2, 0.25) is 0 Å². The van der Waals surface area contributed by atoms with Crippen LogP contribution in [0, 0.1) is 17.0 Å². The number of non-ortho nitro benzene ring substituents is 1. The molecule has 0 aliphatic heterocycles. The fourth-order valence-electron chi connectivity index (χ4n) is 2.01. The maximum atomic E-state index is 12.2. The van der Waals surface area contributed by atoms with Crippen molar-refractivity contribution < 1.29 is 13.3 Å². The number of nitrogens with zero attached hydrogens (tertiary/aromatic N) is 2. The average Bonchev–Trinajstić information content (AvgIpc) is 2.56. The van der Waals surface area contributed by atoms with Crippen molar-refractivity contribution in [3.8, 4) is 0 Å². The SMILES string of the molecule is CC/C(=N/NS(=O)(=O)c1ccc(C)cc1)c1ccc([N+](=O)[O-])cc1. The van der Waals surface area contributed by atoms with Crippen molar-refractivity contribution in [2.75, 3.05) is 0 Å². The van der Waals surface area contributed by atoms with Crippen LogP contribution in [-0.4, -0.2) is 19.1 Å². The van der Waals surface area contributed by atoms with Crippen molar-refractivity contribution >= 4 is 21.4 Å². The van der Waals surface area contributed by atoms with Crippen LogP contribution < -0.4 is 4.83 Å². The van der Waals surface area contributed by atoms with Crippen LogP contribution in [0.25, 0.3) is 0 Å². The molecular formula is C16H17N3O4S. The van der Waals surface area contributed by atoms with E-state index in [-0.39, 0.29) is 10.6 Å². The number of benzene rings is 2. The third kappa shape index (κ3) is 4.17. The number of nitrogens with one attached hydrogen (secondary N) is 1. The summed E-state index contributed by atoms with van der Waals surface area (Å²) in [5.74, 6) is 0. The van der Waals surface area contributed by atoms with Gasteiger partial charge in [-0.1, -0.05) is 24.6 Å². The Hall–Kier alpha value is -2.74. The quantitative estimate of drug-likeness (QED) is 0.493. The maximum Gasteiger partial charge on any atom is 0.276 e. The molecule has 2 aromatic carbocycles. The van der Waals surface area contributed by atoms with Gasteiger partial charge in [-0.25, -0.2) is 0 Å². The van der Waals surface area contributed by atoms with E-state index < -0.39 is 14.9 Å². The Labute approximate surface area is 140 Å². The summed E-state index contributed by atoms with van der Waals surface area (Å²) in [6, 6.07) is 12.2. The second-order valence-corrected chi connectivity index (χ2v) is 6.78. The number of sulfonamides is 1. The van der Waals surface area contributed by atoms with E-state index in [0.29, 0.717) is 17.7 Å². The smallest absolute Gasteiger partial charge is 0.258 e. The molecule has 0 unspecified atom stereocenters. The fourth-order valence-corrected chi connectivity index (χ4v) is 2.84. The normalized spacial score (nSPS) is 12.0. The Balaban J connectivity index is 2.24. The van der Waals surface area contributed by atoms with Crippen molar-refractivity contribution in [3.05, 3.63) is 69.8 Å². The topological polar surface area (TPSA) is 102 Å². The Morgan fingerprint density at radius 1 is 1.12 bits per heavy atom. The van der Waals surface area contributed by atoms with Crippen molar-refractivity contribution in [2.45, 2.75) is 25.2 Å². The molecule has 0 saturated heterocycles. The number of hydrogen-bond donors (Lipinski definition) is 1. The largest absolute Gasteiger partial charge is 0.276 e. The molecule has 126 valence electrons. The molecule has 0 aliphatic rings. The lowest BCUT2D eigenvalue weighted by Gasteiger charge is -2.07. The van der Waals surface area contributed by atoms with Crippen molar-refractivity contribution in [2.24, 2.45) is 5.10 Å². The number of aryl methyl sites for hydroxylation is 1. The van der Waals surface area contributed by atoms with E-state index in [0.717, 1.165) is 5.56 Å². The van der Waals surface area contributed by atoms with Crippen LogP contribution in [-0.2, 0) is 10.0 Å². The Kier molecular flexibility index (Phi) is 5.30. The number of hydrazone groups is 1.